The Balaban J connectivity index is 2.27. The van der Waals surface area contributed by atoms with Crippen LogP contribution in [-0.4, -0.2) is 35.5 Å². The molecule has 0 bridgehead atoms. The topological polar surface area (TPSA) is 98.0 Å². The number of amides is 1. The van der Waals surface area contributed by atoms with Gasteiger partial charge in [0.25, 0.3) is 5.91 Å². The van der Waals surface area contributed by atoms with Crippen molar-refractivity contribution < 1.29 is 13.2 Å². The molecule has 2 heterocycles. The van der Waals surface area contributed by atoms with E-state index >= 15 is 0 Å². The molecule has 0 aliphatic rings. The first-order valence-electron chi connectivity index (χ1n) is 7.22. The number of rotatable bonds is 6. The summed E-state index contributed by atoms with van der Waals surface area (Å²) >= 11 is 0. The molecular formula is C14H21N5O3S. The molecule has 1 amide bonds. The fourth-order valence-corrected chi connectivity index (χ4v) is 3.63. The van der Waals surface area contributed by atoms with Crippen molar-refractivity contribution in [1.82, 2.24) is 24.2 Å². The number of carbonyl (C=O) groups is 1. The maximum Gasteiger partial charge on any atom is 0.267 e. The minimum Gasteiger partial charge on any atom is -0.354 e. The Kier molecular flexibility index (Phi) is 4.90. The van der Waals surface area contributed by atoms with Crippen molar-refractivity contribution in [3.05, 3.63) is 36.2 Å². The number of nitrogens with one attached hydrogen (secondary N) is 2. The van der Waals surface area contributed by atoms with Crippen LogP contribution >= 0.6 is 0 Å². The van der Waals surface area contributed by atoms with Crippen LogP contribution in [0.1, 0.15) is 36.2 Å². The Hall–Kier alpha value is -2.13. The van der Waals surface area contributed by atoms with E-state index in [9.17, 15) is 13.2 Å². The highest BCUT2D eigenvalue weighted by Crippen LogP contribution is 2.18. The third-order valence-corrected chi connectivity index (χ3v) is 5.07. The van der Waals surface area contributed by atoms with Crippen molar-refractivity contribution in [1.29, 1.82) is 0 Å². The smallest absolute Gasteiger partial charge is 0.267 e. The predicted molar refractivity (Wildman–Crippen MR) is 85.4 cm³/mol. The van der Waals surface area contributed by atoms with Gasteiger partial charge in [-0.15, -0.1) is 0 Å². The second kappa shape index (κ2) is 6.55. The fraction of sp³-hybridized carbons (Fsp3) is 0.429. The van der Waals surface area contributed by atoms with Crippen LogP contribution in [0.5, 0.6) is 0 Å². The molecular weight excluding hydrogens is 318 g/mol. The van der Waals surface area contributed by atoms with Gasteiger partial charge in [-0.2, -0.15) is 0 Å². The highest BCUT2D eigenvalue weighted by molar-refractivity contribution is 7.89. The van der Waals surface area contributed by atoms with E-state index in [-0.39, 0.29) is 16.5 Å². The van der Waals surface area contributed by atoms with Gasteiger partial charge in [-0.05, 0) is 19.9 Å². The third kappa shape index (κ3) is 3.45. The molecule has 0 aliphatic heterocycles. The fourth-order valence-electron chi connectivity index (χ4n) is 2.36. The Morgan fingerprint density at radius 3 is 2.74 bits per heavy atom. The Morgan fingerprint density at radius 1 is 1.43 bits per heavy atom. The first-order chi connectivity index (χ1) is 10.8. The number of imidazole rings is 1. The summed E-state index contributed by atoms with van der Waals surface area (Å²) in [6.45, 7) is 4.39. The molecule has 1 unspecified atom stereocenters. The molecule has 9 heteroatoms. The van der Waals surface area contributed by atoms with Crippen molar-refractivity contribution in [2.45, 2.75) is 31.3 Å². The number of aromatic nitrogens is 3. The Labute approximate surface area is 135 Å². The lowest BCUT2D eigenvalue weighted by atomic mass is 10.3. The van der Waals surface area contributed by atoms with Crippen LogP contribution in [0, 0.1) is 0 Å². The molecule has 0 spiro atoms. The number of sulfonamides is 1. The van der Waals surface area contributed by atoms with E-state index in [0.717, 1.165) is 0 Å². The van der Waals surface area contributed by atoms with Crippen LogP contribution in [0.2, 0.25) is 0 Å². The molecule has 126 valence electrons. The van der Waals surface area contributed by atoms with Gasteiger partial charge in [-0.3, -0.25) is 4.79 Å². The lowest BCUT2D eigenvalue weighted by Gasteiger charge is -2.14. The van der Waals surface area contributed by atoms with Crippen LogP contribution < -0.4 is 10.0 Å². The third-order valence-electron chi connectivity index (χ3n) is 3.56. The van der Waals surface area contributed by atoms with Crippen molar-refractivity contribution in [3.63, 3.8) is 0 Å². The molecule has 2 N–H and O–H groups in total. The molecule has 8 nitrogen and oxygen atoms in total. The summed E-state index contributed by atoms with van der Waals surface area (Å²) in [6, 6.07) is 0.860. The average Bonchev–Trinajstić information content (AvgIpc) is 3.12. The molecule has 0 saturated heterocycles. The molecule has 0 saturated carbocycles. The number of nitrogens with zero attached hydrogens (tertiary/aromatic N) is 3. The Bertz CT molecular complexity index is 806. The second-order valence-corrected chi connectivity index (χ2v) is 6.88. The first-order valence-corrected chi connectivity index (χ1v) is 8.70. The van der Waals surface area contributed by atoms with E-state index in [0.29, 0.717) is 12.4 Å². The van der Waals surface area contributed by atoms with Gasteiger partial charge in [-0.1, -0.05) is 0 Å². The Morgan fingerprint density at radius 2 is 2.13 bits per heavy atom. The molecule has 1 atom stereocenters. The van der Waals surface area contributed by atoms with E-state index in [1.165, 1.54) is 23.9 Å². The van der Waals surface area contributed by atoms with E-state index < -0.39 is 16.1 Å². The van der Waals surface area contributed by atoms with Crippen LogP contribution in [-0.2, 0) is 23.6 Å². The zero-order valence-corrected chi connectivity index (χ0v) is 14.4. The largest absolute Gasteiger partial charge is 0.354 e. The number of hydrogen-bond donors (Lipinski definition) is 2. The zero-order valence-electron chi connectivity index (χ0n) is 13.6. The summed E-state index contributed by atoms with van der Waals surface area (Å²) in [5, 5.41) is 2.48. The molecule has 23 heavy (non-hydrogen) atoms. The second-order valence-electron chi connectivity index (χ2n) is 5.17. The van der Waals surface area contributed by atoms with Gasteiger partial charge in [-0.25, -0.2) is 18.1 Å². The highest BCUT2D eigenvalue weighted by atomic mass is 32.2. The quantitative estimate of drug-likeness (QED) is 0.807. The normalized spacial score (nSPS) is 13.0. The standard InChI is InChI=1S/C14H21N5O3S/c1-5-19-7-6-16-13(19)10(2)17-23(21,22)11-8-12(14(20)15-3)18(4)9-11/h6-10,17H,5H2,1-4H3,(H,15,20). The minimum atomic E-state index is -3.76. The first kappa shape index (κ1) is 17.2. The van der Waals surface area contributed by atoms with Crippen molar-refractivity contribution >= 4 is 15.9 Å². The molecule has 2 aromatic rings. The molecule has 2 rings (SSSR count). The molecule has 0 radical (unpaired) electrons. The van der Waals surface area contributed by atoms with Gasteiger partial charge >= 0.3 is 0 Å². The summed E-state index contributed by atoms with van der Waals surface area (Å²) < 4.78 is 31.0. The minimum absolute atomic E-state index is 0.0417. The highest BCUT2D eigenvalue weighted by Gasteiger charge is 2.24. The van der Waals surface area contributed by atoms with Crippen LogP contribution in [0.25, 0.3) is 0 Å². The molecule has 0 aromatic carbocycles. The van der Waals surface area contributed by atoms with Gasteiger partial charge in [0.15, 0.2) is 0 Å². The molecule has 0 aliphatic carbocycles. The molecule has 2 aromatic heterocycles. The maximum atomic E-state index is 12.5. The summed E-state index contributed by atoms with van der Waals surface area (Å²) in [5.74, 6) is 0.294. The summed E-state index contributed by atoms with van der Waals surface area (Å²) in [5.41, 5.74) is 0.274. The number of aryl methyl sites for hydroxylation is 2. The van der Waals surface area contributed by atoms with Gasteiger partial charge in [0.05, 0.1) is 6.04 Å². The SMILES string of the molecule is CCn1ccnc1C(C)NS(=O)(=O)c1cc(C(=O)NC)n(C)c1. The van der Waals surface area contributed by atoms with Gasteiger partial charge in [0.2, 0.25) is 10.0 Å². The summed E-state index contributed by atoms with van der Waals surface area (Å²) in [6.07, 6.45) is 4.84. The number of hydrogen-bond acceptors (Lipinski definition) is 4. The average molecular weight is 339 g/mol. The predicted octanol–water partition coefficient (Wildman–Crippen LogP) is 0.641. The van der Waals surface area contributed by atoms with Gasteiger partial charge in [0.1, 0.15) is 16.4 Å². The van der Waals surface area contributed by atoms with Crippen molar-refractivity contribution in [2.75, 3.05) is 7.05 Å². The molecule has 0 fully saturated rings. The van der Waals surface area contributed by atoms with Crippen LogP contribution in [0.15, 0.2) is 29.6 Å². The van der Waals surface area contributed by atoms with E-state index in [4.69, 9.17) is 0 Å². The monoisotopic (exact) mass is 339 g/mol. The van der Waals surface area contributed by atoms with Crippen LogP contribution in [0.3, 0.4) is 0 Å². The van der Waals surface area contributed by atoms with Gasteiger partial charge < -0.3 is 14.5 Å². The maximum absolute atomic E-state index is 12.5. The van der Waals surface area contributed by atoms with Gasteiger partial charge in [0, 0.05) is 39.2 Å². The zero-order chi connectivity index (χ0) is 17.2. The van der Waals surface area contributed by atoms with E-state index in [1.54, 1.807) is 26.4 Å². The van der Waals surface area contributed by atoms with Crippen molar-refractivity contribution in [3.8, 4) is 0 Å². The summed E-state index contributed by atoms with van der Waals surface area (Å²) in [4.78, 5) is 15.9. The lowest BCUT2D eigenvalue weighted by molar-refractivity contribution is 0.0955. The van der Waals surface area contributed by atoms with Crippen LogP contribution in [0.4, 0.5) is 0 Å². The number of carbonyl (C=O) groups excluding carboxylic acids is 1. The van der Waals surface area contributed by atoms with E-state index in [1.807, 2.05) is 11.5 Å². The van der Waals surface area contributed by atoms with E-state index in [2.05, 4.69) is 15.0 Å². The lowest BCUT2D eigenvalue weighted by Crippen LogP contribution is -2.28. The van der Waals surface area contributed by atoms with Crippen molar-refractivity contribution in [2.24, 2.45) is 7.05 Å². The summed E-state index contributed by atoms with van der Waals surface area (Å²) in [7, 11) is -0.642.